The van der Waals surface area contributed by atoms with Gasteiger partial charge in [-0.3, -0.25) is 9.59 Å². The number of ether oxygens (including phenoxy) is 3. The number of aryl methyl sites for hydroxylation is 1. The van der Waals surface area contributed by atoms with E-state index >= 15 is 0 Å². The Balaban J connectivity index is 1.53. The van der Waals surface area contributed by atoms with Crippen LogP contribution in [0.2, 0.25) is 0 Å². The average Bonchev–Trinajstić information content (AvgIpc) is 3.40. The number of pyridine rings is 2. The Kier molecular flexibility index (Phi) is 8.12. The van der Waals surface area contributed by atoms with E-state index in [0.717, 1.165) is 31.5 Å². The summed E-state index contributed by atoms with van der Waals surface area (Å²) in [4.78, 5) is 36.0. The molecule has 0 unspecified atom stereocenters. The molecule has 1 aliphatic rings. The summed E-state index contributed by atoms with van der Waals surface area (Å²) < 4.78 is 16.9. The van der Waals surface area contributed by atoms with Gasteiger partial charge >= 0.3 is 0 Å². The van der Waals surface area contributed by atoms with Gasteiger partial charge in [-0.1, -0.05) is 6.07 Å². The van der Waals surface area contributed by atoms with Gasteiger partial charge in [-0.15, -0.1) is 0 Å². The number of likely N-dealkylation sites (tertiary alicyclic amines) is 1. The van der Waals surface area contributed by atoms with E-state index in [4.69, 9.17) is 14.2 Å². The number of nitrogens with one attached hydrogen (secondary N) is 1. The van der Waals surface area contributed by atoms with Gasteiger partial charge < -0.3 is 24.4 Å². The van der Waals surface area contributed by atoms with E-state index in [1.807, 2.05) is 24.8 Å². The molecular weight excluding hydrogens is 460 g/mol. The number of carbonyl (C=O) groups excluding carboxylic acids is 2. The molecule has 188 valence electrons. The maximum absolute atomic E-state index is 13.0. The van der Waals surface area contributed by atoms with E-state index in [-0.39, 0.29) is 29.7 Å². The highest BCUT2D eigenvalue weighted by Gasteiger charge is 2.20. The molecule has 4 rings (SSSR count). The highest BCUT2D eigenvalue weighted by molar-refractivity contribution is 6.04. The molecule has 3 aromatic rings. The van der Waals surface area contributed by atoms with Gasteiger partial charge in [0.25, 0.3) is 11.8 Å². The van der Waals surface area contributed by atoms with Crippen LogP contribution in [0.1, 0.15) is 46.0 Å². The number of rotatable bonds is 9. The first kappa shape index (κ1) is 25.1. The van der Waals surface area contributed by atoms with Crippen LogP contribution in [0, 0.1) is 6.92 Å². The van der Waals surface area contributed by atoms with Gasteiger partial charge in [0.2, 0.25) is 11.8 Å². The minimum Gasteiger partial charge on any atom is -0.472 e. The Labute approximate surface area is 210 Å². The number of hydrogen-bond donors (Lipinski definition) is 1. The molecule has 0 saturated carbocycles. The molecule has 0 spiro atoms. The fourth-order valence-corrected chi connectivity index (χ4v) is 3.82. The topological polar surface area (TPSA) is 103 Å². The zero-order valence-corrected chi connectivity index (χ0v) is 20.7. The SMILES string of the molecule is COC[C@@H](C)Oc1cc(C(=O)Nc2ccc(C)cn2)cc(Oc2ccc(C(=O)N3CCCC3)cc2)n1. The largest absolute Gasteiger partial charge is 0.472 e. The number of hydrogen-bond acceptors (Lipinski definition) is 7. The van der Waals surface area contributed by atoms with Gasteiger partial charge in [0.15, 0.2) is 0 Å². The second kappa shape index (κ2) is 11.6. The number of benzene rings is 1. The summed E-state index contributed by atoms with van der Waals surface area (Å²) in [6.45, 7) is 5.69. The van der Waals surface area contributed by atoms with Crippen LogP contribution in [-0.2, 0) is 4.74 Å². The van der Waals surface area contributed by atoms with Crippen molar-refractivity contribution in [1.29, 1.82) is 0 Å². The van der Waals surface area contributed by atoms with E-state index in [9.17, 15) is 9.59 Å². The number of methoxy groups -OCH3 is 1. The Morgan fingerprint density at radius 2 is 1.75 bits per heavy atom. The van der Waals surface area contributed by atoms with Crippen LogP contribution in [0.4, 0.5) is 5.82 Å². The number of amides is 2. The third kappa shape index (κ3) is 6.57. The molecule has 1 fully saturated rings. The lowest BCUT2D eigenvalue weighted by Crippen LogP contribution is -2.27. The minimum atomic E-state index is -0.380. The quantitative estimate of drug-likeness (QED) is 0.472. The lowest BCUT2D eigenvalue weighted by atomic mass is 10.2. The monoisotopic (exact) mass is 490 g/mol. The first-order valence-electron chi connectivity index (χ1n) is 11.9. The third-order valence-electron chi connectivity index (χ3n) is 5.63. The molecule has 3 heterocycles. The fourth-order valence-electron chi connectivity index (χ4n) is 3.82. The Hall–Kier alpha value is -3.98. The van der Waals surface area contributed by atoms with E-state index in [0.29, 0.717) is 29.3 Å². The second-order valence-corrected chi connectivity index (χ2v) is 8.72. The van der Waals surface area contributed by atoms with Crippen molar-refractivity contribution < 1.29 is 23.8 Å². The minimum absolute atomic E-state index is 0.0170. The van der Waals surface area contributed by atoms with Crippen molar-refractivity contribution >= 4 is 17.6 Å². The van der Waals surface area contributed by atoms with Crippen LogP contribution in [0.3, 0.4) is 0 Å². The Morgan fingerprint density at radius 1 is 1.03 bits per heavy atom. The zero-order valence-electron chi connectivity index (χ0n) is 20.7. The van der Waals surface area contributed by atoms with Gasteiger partial charge in [-0.25, -0.2) is 4.98 Å². The van der Waals surface area contributed by atoms with Crippen LogP contribution in [0.5, 0.6) is 17.5 Å². The van der Waals surface area contributed by atoms with Gasteiger partial charge in [-0.05, 0) is 62.6 Å². The summed E-state index contributed by atoms with van der Waals surface area (Å²) in [5.74, 6) is 0.947. The molecule has 9 nitrogen and oxygen atoms in total. The predicted molar refractivity (Wildman–Crippen MR) is 135 cm³/mol. The van der Waals surface area contributed by atoms with E-state index in [1.54, 1.807) is 49.7 Å². The van der Waals surface area contributed by atoms with Crippen molar-refractivity contribution in [3.05, 3.63) is 71.4 Å². The molecule has 1 N–H and O–H groups in total. The molecule has 1 atom stereocenters. The molecule has 2 aromatic heterocycles. The number of anilines is 1. The molecule has 0 radical (unpaired) electrons. The van der Waals surface area contributed by atoms with Crippen LogP contribution in [-0.4, -0.2) is 59.6 Å². The normalized spacial score (nSPS) is 13.8. The molecule has 0 aliphatic carbocycles. The zero-order chi connectivity index (χ0) is 25.5. The number of aromatic nitrogens is 2. The van der Waals surface area contributed by atoms with Crippen molar-refractivity contribution in [2.24, 2.45) is 0 Å². The molecule has 36 heavy (non-hydrogen) atoms. The smallest absolute Gasteiger partial charge is 0.257 e. The molecule has 2 amide bonds. The van der Waals surface area contributed by atoms with Gasteiger partial charge in [0.1, 0.15) is 17.7 Å². The van der Waals surface area contributed by atoms with Gasteiger partial charge in [-0.2, -0.15) is 4.98 Å². The van der Waals surface area contributed by atoms with E-state index in [2.05, 4.69) is 15.3 Å². The fraction of sp³-hybridized carbons (Fsp3) is 0.333. The summed E-state index contributed by atoms with van der Waals surface area (Å²) in [5, 5.41) is 2.77. The maximum atomic E-state index is 13.0. The number of nitrogens with zero attached hydrogens (tertiary/aromatic N) is 3. The predicted octanol–water partition coefficient (Wildman–Crippen LogP) is 4.48. The second-order valence-electron chi connectivity index (χ2n) is 8.72. The Bertz CT molecular complexity index is 1190. The van der Waals surface area contributed by atoms with Crippen LogP contribution >= 0.6 is 0 Å². The molecule has 1 saturated heterocycles. The van der Waals surface area contributed by atoms with Gasteiger partial charge in [0.05, 0.1) is 12.2 Å². The lowest BCUT2D eigenvalue weighted by molar-refractivity contribution is 0.0792. The summed E-state index contributed by atoms with van der Waals surface area (Å²) in [7, 11) is 1.58. The van der Waals surface area contributed by atoms with Crippen molar-refractivity contribution in [3.63, 3.8) is 0 Å². The van der Waals surface area contributed by atoms with Crippen LogP contribution < -0.4 is 14.8 Å². The highest BCUT2D eigenvalue weighted by atomic mass is 16.5. The van der Waals surface area contributed by atoms with Crippen molar-refractivity contribution in [2.75, 3.05) is 32.1 Å². The van der Waals surface area contributed by atoms with Crippen molar-refractivity contribution in [2.45, 2.75) is 32.8 Å². The van der Waals surface area contributed by atoms with E-state index in [1.165, 1.54) is 6.07 Å². The molecule has 9 heteroatoms. The van der Waals surface area contributed by atoms with Gasteiger partial charge in [0, 0.05) is 44.1 Å². The standard InChI is InChI=1S/C27H30N4O5/c1-18-6-11-23(28-16-18)29-26(32)21-14-24(35-19(2)17-34-3)30-25(15-21)36-22-9-7-20(8-10-22)27(33)31-12-4-5-13-31/h6-11,14-16,19H,4-5,12-13,17H2,1-3H3,(H,28,29,32)/t19-/m1/s1. The van der Waals surface area contributed by atoms with Crippen LogP contribution in [0.15, 0.2) is 54.7 Å². The van der Waals surface area contributed by atoms with Crippen molar-refractivity contribution in [1.82, 2.24) is 14.9 Å². The highest BCUT2D eigenvalue weighted by Crippen LogP contribution is 2.26. The molecular formula is C27H30N4O5. The molecule has 0 bridgehead atoms. The van der Waals surface area contributed by atoms with Crippen LogP contribution in [0.25, 0.3) is 0 Å². The number of carbonyl (C=O) groups is 2. The summed E-state index contributed by atoms with van der Waals surface area (Å²) in [6, 6.07) is 13.5. The first-order chi connectivity index (χ1) is 17.4. The Morgan fingerprint density at radius 3 is 2.42 bits per heavy atom. The van der Waals surface area contributed by atoms with Crippen molar-refractivity contribution in [3.8, 4) is 17.5 Å². The summed E-state index contributed by atoms with van der Waals surface area (Å²) in [6.07, 6.45) is 3.46. The first-order valence-corrected chi connectivity index (χ1v) is 11.9. The van der Waals surface area contributed by atoms with E-state index < -0.39 is 0 Å². The lowest BCUT2D eigenvalue weighted by Gasteiger charge is -2.16. The summed E-state index contributed by atoms with van der Waals surface area (Å²) in [5.41, 5.74) is 1.89. The average molecular weight is 491 g/mol. The molecule has 1 aliphatic heterocycles. The molecule has 1 aromatic carbocycles. The third-order valence-corrected chi connectivity index (χ3v) is 5.63. The maximum Gasteiger partial charge on any atom is 0.257 e. The summed E-state index contributed by atoms with van der Waals surface area (Å²) >= 11 is 0.